The van der Waals surface area contributed by atoms with Crippen molar-refractivity contribution in [3.8, 4) is 11.6 Å². The number of benzene rings is 1. The van der Waals surface area contributed by atoms with Gasteiger partial charge in [-0.3, -0.25) is 0 Å². The molecule has 7 nitrogen and oxygen atoms in total. The van der Waals surface area contributed by atoms with Gasteiger partial charge in [-0.2, -0.15) is 9.67 Å². The first-order valence-electron chi connectivity index (χ1n) is 6.85. The number of hydrogen-bond donors (Lipinski definition) is 2. The lowest BCUT2D eigenvalue weighted by molar-refractivity contribution is 0.415. The van der Waals surface area contributed by atoms with Gasteiger partial charge in [-0.15, -0.1) is 5.10 Å². The van der Waals surface area contributed by atoms with E-state index in [2.05, 4.69) is 43.0 Å². The third-order valence-corrected chi connectivity index (χ3v) is 4.03. The van der Waals surface area contributed by atoms with E-state index in [0.29, 0.717) is 11.8 Å². The topological polar surface area (TPSA) is 90.9 Å². The van der Waals surface area contributed by atoms with Gasteiger partial charge in [0.2, 0.25) is 11.9 Å². The van der Waals surface area contributed by atoms with E-state index in [9.17, 15) is 0 Å². The first-order chi connectivity index (χ1) is 11.2. The third kappa shape index (κ3) is 3.36. The molecular formula is C15H15IN6O. The quantitative estimate of drug-likeness (QED) is 0.486. The number of nitrogens with one attached hydrogen (secondary N) is 1. The Kier molecular flexibility index (Phi) is 4.60. The second-order valence-corrected chi connectivity index (χ2v) is 5.44. The molecule has 0 fully saturated rings. The SMILES string of the molecule is COc1ccc(CI)c(Nc2nc(N)n(-c3ccccn3)n2)c1. The smallest absolute Gasteiger partial charge is 0.248 e. The minimum absolute atomic E-state index is 0.269. The fraction of sp³-hybridized carbons (Fsp3) is 0.133. The van der Waals surface area contributed by atoms with Crippen LogP contribution in [0, 0.1) is 0 Å². The van der Waals surface area contributed by atoms with Crippen molar-refractivity contribution in [3.63, 3.8) is 0 Å². The Morgan fingerprint density at radius 3 is 2.87 bits per heavy atom. The summed E-state index contributed by atoms with van der Waals surface area (Å²) in [7, 11) is 1.63. The molecule has 3 N–H and O–H groups in total. The van der Waals surface area contributed by atoms with Crippen LogP contribution in [-0.4, -0.2) is 26.9 Å². The number of nitrogens with zero attached hydrogens (tertiary/aromatic N) is 4. The normalized spacial score (nSPS) is 10.5. The van der Waals surface area contributed by atoms with E-state index in [4.69, 9.17) is 10.5 Å². The monoisotopic (exact) mass is 422 g/mol. The molecule has 0 atom stereocenters. The molecule has 0 saturated heterocycles. The second-order valence-electron chi connectivity index (χ2n) is 4.68. The Hall–Kier alpha value is -2.36. The summed E-state index contributed by atoms with van der Waals surface area (Å²) >= 11 is 2.31. The highest BCUT2D eigenvalue weighted by Gasteiger charge is 2.11. The highest BCUT2D eigenvalue weighted by atomic mass is 127. The van der Waals surface area contributed by atoms with Crippen molar-refractivity contribution in [1.29, 1.82) is 0 Å². The number of aromatic nitrogens is 4. The Balaban J connectivity index is 1.93. The van der Waals surface area contributed by atoms with Crippen LogP contribution in [0.25, 0.3) is 5.82 Å². The summed E-state index contributed by atoms with van der Waals surface area (Å²) in [5.41, 5.74) is 7.95. The van der Waals surface area contributed by atoms with Gasteiger partial charge in [-0.05, 0) is 23.8 Å². The van der Waals surface area contributed by atoms with Crippen molar-refractivity contribution in [2.45, 2.75) is 4.43 Å². The second kappa shape index (κ2) is 6.82. The first-order valence-corrected chi connectivity index (χ1v) is 8.37. The lowest BCUT2D eigenvalue weighted by atomic mass is 10.2. The summed E-state index contributed by atoms with van der Waals surface area (Å²) in [6, 6.07) is 11.4. The molecule has 3 aromatic rings. The predicted octanol–water partition coefficient (Wildman–Crippen LogP) is 2.93. The third-order valence-electron chi connectivity index (χ3n) is 3.21. The molecule has 0 amide bonds. The molecule has 0 spiro atoms. The van der Waals surface area contributed by atoms with E-state index in [1.54, 1.807) is 13.3 Å². The van der Waals surface area contributed by atoms with Gasteiger partial charge in [0.1, 0.15) is 5.75 Å². The molecule has 0 aliphatic carbocycles. The van der Waals surface area contributed by atoms with Gasteiger partial charge in [0, 0.05) is 22.4 Å². The lowest BCUT2D eigenvalue weighted by Gasteiger charge is -2.09. The lowest BCUT2D eigenvalue weighted by Crippen LogP contribution is -2.04. The van der Waals surface area contributed by atoms with Crippen LogP contribution in [0.5, 0.6) is 5.75 Å². The molecule has 3 rings (SSSR count). The number of alkyl halides is 1. The molecular weight excluding hydrogens is 407 g/mol. The van der Waals surface area contributed by atoms with E-state index in [0.717, 1.165) is 21.4 Å². The maximum Gasteiger partial charge on any atom is 0.248 e. The number of halogens is 1. The summed E-state index contributed by atoms with van der Waals surface area (Å²) in [4.78, 5) is 8.47. The van der Waals surface area contributed by atoms with E-state index < -0.39 is 0 Å². The minimum atomic E-state index is 0.269. The molecule has 0 bridgehead atoms. The van der Waals surface area contributed by atoms with Crippen LogP contribution in [0.15, 0.2) is 42.6 Å². The Morgan fingerprint density at radius 2 is 2.17 bits per heavy atom. The van der Waals surface area contributed by atoms with Gasteiger partial charge in [-0.25, -0.2) is 4.98 Å². The van der Waals surface area contributed by atoms with Gasteiger partial charge in [0.15, 0.2) is 5.82 Å². The number of rotatable bonds is 5. The number of anilines is 3. The van der Waals surface area contributed by atoms with E-state index in [1.165, 1.54) is 4.68 Å². The Morgan fingerprint density at radius 1 is 1.30 bits per heavy atom. The van der Waals surface area contributed by atoms with Gasteiger partial charge in [-0.1, -0.05) is 34.7 Å². The van der Waals surface area contributed by atoms with Crippen LogP contribution in [0.2, 0.25) is 0 Å². The van der Waals surface area contributed by atoms with Crippen molar-refractivity contribution in [1.82, 2.24) is 19.7 Å². The Bertz CT molecular complexity index is 805. The molecule has 0 unspecified atom stereocenters. The van der Waals surface area contributed by atoms with Crippen LogP contribution in [0.3, 0.4) is 0 Å². The number of methoxy groups -OCH3 is 1. The molecule has 0 aliphatic heterocycles. The van der Waals surface area contributed by atoms with Crippen molar-refractivity contribution in [2.24, 2.45) is 0 Å². The average Bonchev–Trinajstić information content (AvgIpc) is 2.96. The predicted molar refractivity (Wildman–Crippen MR) is 97.6 cm³/mol. The standard InChI is InChI=1S/C15H15IN6O/c1-23-11-6-5-10(9-16)12(8-11)19-15-20-14(17)22(21-15)13-4-2-3-7-18-13/h2-8H,9H2,1H3,(H3,17,19,20,21). The number of nitrogens with two attached hydrogens (primary N) is 1. The molecule has 8 heteroatoms. The minimum Gasteiger partial charge on any atom is -0.497 e. The van der Waals surface area contributed by atoms with E-state index >= 15 is 0 Å². The molecule has 0 radical (unpaired) electrons. The molecule has 2 heterocycles. The zero-order valence-corrected chi connectivity index (χ0v) is 14.6. The van der Waals surface area contributed by atoms with Gasteiger partial charge < -0.3 is 15.8 Å². The first kappa shape index (κ1) is 15.5. The summed E-state index contributed by atoms with van der Waals surface area (Å²) in [5, 5.41) is 7.56. The number of nitrogen functional groups attached to an aromatic ring is 1. The number of pyridine rings is 1. The molecule has 118 valence electrons. The van der Waals surface area contributed by atoms with Gasteiger partial charge in [0.25, 0.3) is 0 Å². The zero-order valence-electron chi connectivity index (χ0n) is 12.4. The maximum atomic E-state index is 5.94. The molecule has 0 aliphatic rings. The van der Waals surface area contributed by atoms with Crippen molar-refractivity contribution in [3.05, 3.63) is 48.2 Å². The number of hydrogen-bond acceptors (Lipinski definition) is 6. The van der Waals surface area contributed by atoms with Gasteiger partial charge in [0.05, 0.1) is 7.11 Å². The van der Waals surface area contributed by atoms with Crippen LogP contribution < -0.4 is 15.8 Å². The fourth-order valence-electron chi connectivity index (χ4n) is 2.06. The Labute approximate surface area is 147 Å². The fourth-order valence-corrected chi connectivity index (χ4v) is 2.73. The zero-order chi connectivity index (χ0) is 16.2. The highest BCUT2D eigenvalue weighted by molar-refractivity contribution is 14.1. The van der Waals surface area contributed by atoms with Crippen molar-refractivity contribution in [2.75, 3.05) is 18.2 Å². The van der Waals surface area contributed by atoms with Crippen molar-refractivity contribution >= 4 is 40.2 Å². The molecule has 2 aromatic heterocycles. The summed E-state index contributed by atoms with van der Waals surface area (Å²) in [5.74, 6) is 2.06. The maximum absolute atomic E-state index is 5.94. The molecule has 1 aromatic carbocycles. The summed E-state index contributed by atoms with van der Waals surface area (Å²) in [6.07, 6.45) is 1.68. The highest BCUT2D eigenvalue weighted by Crippen LogP contribution is 2.27. The largest absolute Gasteiger partial charge is 0.497 e. The van der Waals surface area contributed by atoms with Crippen LogP contribution in [0.4, 0.5) is 17.6 Å². The van der Waals surface area contributed by atoms with Crippen LogP contribution in [0.1, 0.15) is 5.56 Å². The molecule has 23 heavy (non-hydrogen) atoms. The average molecular weight is 422 g/mol. The van der Waals surface area contributed by atoms with Gasteiger partial charge >= 0.3 is 0 Å². The molecule has 0 saturated carbocycles. The van der Waals surface area contributed by atoms with Crippen molar-refractivity contribution < 1.29 is 4.74 Å². The van der Waals surface area contributed by atoms with E-state index in [1.807, 2.05) is 36.4 Å². The van der Waals surface area contributed by atoms with Crippen LogP contribution in [-0.2, 0) is 4.43 Å². The summed E-state index contributed by atoms with van der Waals surface area (Å²) in [6.45, 7) is 0. The van der Waals surface area contributed by atoms with E-state index in [-0.39, 0.29) is 5.95 Å². The summed E-state index contributed by atoms with van der Waals surface area (Å²) < 4.78 is 7.61. The van der Waals surface area contributed by atoms with Crippen LogP contribution >= 0.6 is 22.6 Å². The number of ether oxygens (including phenoxy) is 1.